The van der Waals surface area contributed by atoms with Crippen molar-refractivity contribution in [2.45, 2.75) is 71.6 Å². The van der Waals surface area contributed by atoms with Gasteiger partial charge in [-0.2, -0.15) is 0 Å². The first kappa shape index (κ1) is 25.2. The van der Waals surface area contributed by atoms with E-state index < -0.39 is 23.3 Å². The third-order valence-electron chi connectivity index (χ3n) is 5.05. The van der Waals surface area contributed by atoms with E-state index in [1.807, 2.05) is 39.0 Å². The van der Waals surface area contributed by atoms with Crippen LogP contribution >= 0.6 is 0 Å². The van der Waals surface area contributed by atoms with Crippen LogP contribution in [0.2, 0.25) is 0 Å². The first-order valence-electron chi connectivity index (χ1n) is 11.4. The van der Waals surface area contributed by atoms with Gasteiger partial charge < -0.3 is 14.8 Å². The van der Waals surface area contributed by atoms with E-state index in [1.165, 1.54) is 4.90 Å². The highest BCUT2D eigenvalue weighted by Crippen LogP contribution is 2.24. The van der Waals surface area contributed by atoms with Gasteiger partial charge in [-0.25, -0.2) is 14.6 Å². The number of ether oxygens (including phenoxy) is 2. The second kappa shape index (κ2) is 9.83. The third kappa shape index (κ3) is 6.79. The van der Waals surface area contributed by atoms with Gasteiger partial charge in [0.1, 0.15) is 23.1 Å². The van der Waals surface area contributed by atoms with Crippen LogP contribution in [0.4, 0.5) is 10.6 Å². The van der Waals surface area contributed by atoms with Crippen LogP contribution in [0.5, 0.6) is 0 Å². The zero-order valence-electron chi connectivity index (χ0n) is 20.7. The van der Waals surface area contributed by atoms with Crippen molar-refractivity contribution in [1.29, 1.82) is 0 Å². The maximum Gasteiger partial charge on any atom is 0.410 e. The first-order valence-corrected chi connectivity index (χ1v) is 11.4. The molecular formula is C26H33N3O5. The number of benzene rings is 1. The highest BCUT2D eigenvalue weighted by Gasteiger charge is 2.36. The number of likely N-dealkylation sites (tertiary alicyclic amines) is 1. The summed E-state index contributed by atoms with van der Waals surface area (Å²) in [6.45, 7) is 11.4. The molecule has 1 aliphatic rings. The average Bonchev–Trinajstić information content (AvgIpc) is 3.22. The summed E-state index contributed by atoms with van der Waals surface area (Å²) >= 11 is 0. The lowest BCUT2D eigenvalue weighted by atomic mass is 10.1. The predicted octanol–water partition coefficient (Wildman–Crippen LogP) is 5.04. The van der Waals surface area contributed by atoms with Crippen molar-refractivity contribution in [2.24, 2.45) is 0 Å². The van der Waals surface area contributed by atoms with Gasteiger partial charge >= 0.3 is 12.1 Å². The summed E-state index contributed by atoms with van der Waals surface area (Å²) in [5.41, 5.74) is 1.02. The molecule has 34 heavy (non-hydrogen) atoms. The molecular weight excluding hydrogens is 434 g/mol. The van der Waals surface area contributed by atoms with E-state index in [9.17, 15) is 14.4 Å². The highest BCUT2D eigenvalue weighted by molar-refractivity contribution is 5.96. The molecule has 8 nitrogen and oxygen atoms in total. The molecule has 2 aromatic rings. The quantitative estimate of drug-likeness (QED) is 0.633. The summed E-state index contributed by atoms with van der Waals surface area (Å²) in [5.74, 6) is -0.261. The zero-order valence-corrected chi connectivity index (χ0v) is 20.7. The third-order valence-corrected chi connectivity index (χ3v) is 5.05. The molecule has 0 aliphatic carbocycles. The van der Waals surface area contributed by atoms with Gasteiger partial charge in [-0.15, -0.1) is 0 Å². The van der Waals surface area contributed by atoms with Crippen LogP contribution in [-0.4, -0.2) is 51.6 Å². The smallest absolute Gasteiger partial charge is 0.410 e. The highest BCUT2D eigenvalue weighted by atomic mass is 16.6. The van der Waals surface area contributed by atoms with E-state index in [1.54, 1.807) is 45.2 Å². The minimum atomic E-state index is -0.622. The number of anilines is 1. The van der Waals surface area contributed by atoms with Crippen LogP contribution < -0.4 is 5.32 Å². The molecule has 1 fully saturated rings. The summed E-state index contributed by atoms with van der Waals surface area (Å²) in [5, 5.41) is 2.80. The van der Waals surface area contributed by atoms with Crippen molar-refractivity contribution < 1.29 is 23.9 Å². The fourth-order valence-electron chi connectivity index (χ4n) is 3.56. The Morgan fingerprint density at radius 3 is 2.09 bits per heavy atom. The molecule has 0 bridgehead atoms. The van der Waals surface area contributed by atoms with E-state index >= 15 is 0 Å². The Kier molecular flexibility index (Phi) is 7.29. The second-order valence-corrected chi connectivity index (χ2v) is 10.3. The molecule has 0 unspecified atom stereocenters. The molecule has 1 aromatic heterocycles. The standard InChI is InChI=1S/C26H33N3O5/c1-25(2,3)33-23(31)18-11-9-17(10-12-18)19-13-14-21(27-16-19)28-22(30)20-8-7-15-29(20)24(32)34-26(4,5)6/h9-14,16,20H,7-8,15H2,1-6H3,(H,27,28,30)/t20-/m1/s1. The summed E-state index contributed by atoms with van der Waals surface area (Å²) < 4.78 is 10.8. The molecule has 1 saturated heterocycles. The number of esters is 1. The predicted molar refractivity (Wildman–Crippen MR) is 129 cm³/mol. The van der Waals surface area contributed by atoms with Crippen molar-refractivity contribution in [3.05, 3.63) is 48.2 Å². The lowest BCUT2D eigenvalue weighted by molar-refractivity contribution is -0.120. The maximum atomic E-state index is 12.8. The number of carbonyl (C=O) groups is 3. The fraction of sp³-hybridized carbons (Fsp3) is 0.462. The van der Waals surface area contributed by atoms with Crippen LogP contribution in [-0.2, 0) is 14.3 Å². The van der Waals surface area contributed by atoms with Crippen LogP contribution in [0.1, 0.15) is 64.7 Å². The van der Waals surface area contributed by atoms with Gasteiger partial charge in [0, 0.05) is 18.3 Å². The molecule has 2 heterocycles. The second-order valence-electron chi connectivity index (χ2n) is 10.3. The number of carbonyl (C=O) groups excluding carboxylic acids is 3. The minimum absolute atomic E-state index is 0.287. The Morgan fingerprint density at radius 2 is 1.53 bits per heavy atom. The average molecular weight is 468 g/mol. The van der Waals surface area contributed by atoms with Crippen molar-refractivity contribution in [3.63, 3.8) is 0 Å². The molecule has 0 spiro atoms. The summed E-state index contributed by atoms with van der Waals surface area (Å²) in [6.07, 6.45) is 2.48. The SMILES string of the molecule is CC(C)(C)OC(=O)c1ccc(-c2ccc(NC(=O)[C@H]3CCCN3C(=O)OC(C)(C)C)nc2)cc1. The van der Waals surface area contributed by atoms with Crippen molar-refractivity contribution >= 4 is 23.8 Å². The molecule has 1 atom stereocenters. The van der Waals surface area contributed by atoms with E-state index in [-0.39, 0.29) is 11.9 Å². The van der Waals surface area contributed by atoms with E-state index in [4.69, 9.17) is 9.47 Å². The summed E-state index contributed by atoms with van der Waals surface area (Å²) in [7, 11) is 0. The molecule has 0 radical (unpaired) electrons. The molecule has 182 valence electrons. The number of rotatable bonds is 4. The number of hydrogen-bond donors (Lipinski definition) is 1. The Hall–Kier alpha value is -3.42. The van der Waals surface area contributed by atoms with Gasteiger partial charge in [0.05, 0.1) is 5.56 Å². The van der Waals surface area contributed by atoms with Gasteiger partial charge in [0.25, 0.3) is 0 Å². The Balaban J connectivity index is 1.63. The normalized spacial score (nSPS) is 16.2. The number of hydrogen-bond acceptors (Lipinski definition) is 6. The number of amides is 2. The first-order chi connectivity index (χ1) is 15.8. The number of aromatic nitrogens is 1. The van der Waals surface area contributed by atoms with Gasteiger partial charge in [0.2, 0.25) is 5.91 Å². The van der Waals surface area contributed by atoms with Gasteiger partial charge in [-0.05, 0) is 84.2 Å². The Bertz CT molecular complexity index is 1030. The van der Waals surface area contributed by atoms with Crippen LogP contribution in [0, 0.1) is 0 Å². The van der Waals surface area contributed by atoms with Crippen LogP contribution in [0.15, 0.2) is 42.6 Å². The molecule has 1 aliphatic heterocycles. The monoisotopic (exact) mass is 467 g/mol. The lowest BCUT2D eigenvalue weighted by Crippen LogP contribution is -2.45. The molecule has 3 rings (SSSR count). The molecule has 0 saturated carbocycles. The molecule has 1 N–H and O–H groups in total. The largest absolute Gasteiger partial charge is 0.456 e. The van der Waals surface area contributed by atoms with Crippen molar-refractivity contribution in [1.82, 2.24) is 9.88 Å². The van der Waals surface area contributed by atoms with Crippen molar-refractivity contribution in [2.75, 3.05) is 11.9 Å². The molecule has 8 heteroatoms. The van der Waals surface area contributed by atoms with Gasteiger partial charge in [-0.3, -0.25) is 9.69 Å². The van der Waals surface area contributed by atoms with E-state index in [2.05, 4.69) is 10.3 Å². The number of nitrogens with zero attached hydrogens (tertiary/aromatic N) is 2. The van der Waals surface area contributed by atoms with E-state index in [0.717, 1.165) is 17.5 Å². The van der Waals surface area contributed by atoms with E-state index in [0.29, 0.717) is 24.3 Å². The summed E-state index contributed by atoms with van der Waals surface area (Å²) in [6, 6.07) is 10.0. The minimum Gasteiger partial charge on any atom is -0.456 e. The fourth-order valence-corrected chi connectivity index (χ4v) is 3.56. The van der Waals surface area contributed by atoms with Crippen LogP contribution in [0.25, 0.3) is 11.1 Å². The number of nitrogens with one attached hydrogen (secondary N) is 1. The van der Waals surface area contributed by atoms with Crippen LogP contribution in [0.3, 0.4) is 0 Å². The van der Waals surface area contributed by atoms with Crippen molar-refractivity contribution in [3.8, 4) is 11.1 Å². The maximum absolute atomic E-state index is 12.8. The Labute approximate surface area is 200 Å². The molecule has 2 amide bonds. The van der Waals surface area contributed by atoms with Gasteiger partial charge in [-0.1, -0.05) is 12.1 Å². The Morgan fingerprint density at radius 1 is 0.912 bits per heavy atom. The van der Waals surface area contributed by atoms with Gasteiger partial charge in [0.15, 0.2) is 0 Å². The summed E-state index contributed by atoms with van der Waals surface area (Å²) in [4.78, 5) is 43.3. The lowest BCUT2D eigenvalue weighted by Gasteiger charge is -2.27. The molecule has 1 aromatic carbocycles. The zero-order chi connectivity index (χ0) is 25.1. The topological polar surface area (TPSA) is 97.8 Å². The number of pyridine rings is 1.